The Labute approximate surface area is 153 Å². The highest BCUT2D eigenvalue weighted by molar-refractivity contribution is 6.00. The van der Waals surface area contributed by atoms with Crippen LogP contribution in [0.2, 0.25) is 0 Å². The van der Waals surface area contributed by atoms with Gasteiger partial charge in [0.05, 0.1) is 16.2 Å². The van der Waals surface area contributed by atoms with Gasteiger partial charge in [-0.3, -0.25) is 14.9 Å². The lowest BCUT2D eigenvalue weighted by Crippen LogP contribution is -2.28. The summed E-state index contributed by atoms with van der Waals surface area (Å²) in [6.07, 6.45) is 3.11. The van der Waals surface area contributed by atoms with Crippen LogP contribution in [0, 0.1) is 10.1 Å². The third-order valence-electron chi connectivity index (χ3n) is 5.00. The van der Waals surface area contributed by atoms with E-state index >= 15 is 0 Å². The molecule has 1 unspecified atom stereocenters. The van der Waals surface area contributed by atoms with Crippen LogP contribution in [0.4, 0.5) is 11.4 Å². The maximum Gasteiger partial charge on any atom is 0.270 e. The second kappa shape index (κ2) is 7.99. The molecule has 1 saturated heterocycles. The Morgan fingerprint density at radius 2 is 1.92 bits per heavy atom. The zero-order chi connectivity index (χ0) is 18.5. The Morgan fingerprint density at radius 1 is 1.15 bits per heavy atom. The molecule has 2 aromatic carbocycles. The molecule has 1 atom stereocenters. The smallest absolute Gasteiger partial charge is 0.270 e. The number of carbonyl (C=O) groups excluding carboxylic acids is 1. The molecule has 0 saturated carbocycles. The average molecular weight is 353 g/mol. The minimum absolute atomic E-state index is 0.0654. The quantitative estimate of drug-likeness (QED) is 0.671. The molecular formula is C20H23N3O3. The van der Waals surface area contributed by atoms with Crippen molar-refractivity contribution < 1.29 is 9.72 Å². The Morgan fingerprint density at radius 3 is 2.62 bits per heavy atom. The monoisotopic (exact) mass is 353 g/mol. The lowest BCUT2D eigenvalue weighted by molar-refractivity contribution is -0.384. The summed E-state index contributed by atoms with van der Waals surface area (Å²) in [6, 6.07) is 15.0. The molecule has 1 fully saturated rings. The van der Waals surface area contributed by atoms with E-state index < -0.39 is 4.92 Å². The van der Waals surface area contributed by atoms with E-state index in [9.17, 15) is 14.9 Å². The minimum Gasteiger partial charge on any atom is -0.371 e. The summed E-state index contributed by atoms with van der Waals surface area (Å²) in [6.45, 7) is 1.66. The van der Waals surface area contributed by atoms with E-state index in [1.54, 1.807) is 13.1 Å². The Bertz CT molecular complexity index is 792. The van der Waals surface area contributed by atoms with Gasteiger partial charge in [-0.2, -0.15) is 0 Å². The Balaban J connectivity index is 1.84. The van der Waals surface area contributed by atoms with Crippen molar-refractivity contribution in [2.24, 2.45) is 0 Å². The lowest BCUT2D eigenvalue weighted by atomic mass is 9.92. The van der Waals surface area contributed by atoms with Crippen LogP contribution in [-0.4, -0.2) is 31.0 Å². The number of amides is 1. The van der Waals surface area contributed by atoms with Gasteiger partial charge in [-0.15, -0.1) is 0 Å². The van der Waals surface area contributed by atoms with Gasteiger partial charge in [0, 0.05) is 32.3 Å². The SMILES string of the molecule is CNC(=O)c1cc([N+](=O)[O-])ccc1N1CCCC(c2ccccc2)CC1. The van der Waals surface area contributed by atoms with Crippen molar-refractivity contribution in [3.8, 4) is 0 Å². The molecule has 26 heavy (non-hydrogen) atoms. The zero-order valence-electron chi connectivity index (χ0n) is 14.9. The molecule has 0 aromatic heterocycles. The predicted octanol–water partition coefficient (Wildman–Crippen LogP) is 3.73. The molecule has 6 heteroatoms. The summed E-state index contributed by atoms with van der Waals surface area (Å²) >= 11 is 0. The number of rotatable bonds is 4. The molecule has 1 aliphatic rings. The molecule has 0 radical (unpaired) electrons. The number of nitrogens with zero attached hydrogens (tertiary/aromatic N) is 2. The maximum atomic E-state index is 12.3. The van der Waals surface area contributed by atoms with Crippen molar-refractivity contribution in [2.45, 2.75) is 25.2 Å². The molecule has 0 bridgehead atoms. The summed E-state index contributed by atoms with van der Waals surface area (Å²) in [5, 5.41) is 13.7. The van der Waals surface area contributed by atoms with E-state index in [0.717, 1.165) is 38.0 Å². The molecule has 1 aliphatic heterocycles. The second-order valence-electron chi connectivity index (χ2n) is 6.56. The first-order valence-corrected chi connectivity index (χ1v) is 8.90. The third kappa shape index (κ3) is 3.85. The number of benzene rings is 2. The van der Waals surface area contributed by atoms with E-state index in [1.165, 1.54) is 17.7 Å². The molecule has 6 nitrogen and oxygen atoms in total. The van der Waals surface area contributed by atoms with Gasteiger partial charge in [0.2, 0.25) is 0 Å². The van der Waals surface area contributed by atoms with Crippen LogP contribution in [0.25, 0.3) is 0 Å². The van der Waals surface area contributed by atoms with E-state index in [-0.39, 0.29) is 11.6 Å². The number of hydrogen-bond donors (Lipinski definition) is 1. The van der Waals surface area contributed by atoms with Crippen molar-refractivity contribution in [3.05, 3.63) is 69.8 Å². The van der Waals surface area contributed by atoms with Gasteiger partial charge in [-0.05, 0) is 36.8 Å². The van der Waals surface area contributed by atoms with Crippen molar-refractivity contribution >= 4 is 17.3 Å². The van der Waals surface area contributed by atoms with E-state index in [0.29, 0.717) is 11.5 Å². The number of carbonyl (C=O) groups is 1. The van der Waals surface area contributed by atoms with E-state index in [4.69, 9.17) is 0 Å². The van der Waals surface area contributed by atoms with Crippen molar-refractivity contribution in [1.82, 2.24) is 5.32 Å². The largest absolute Gasteiger partial charge is 0.371 e. The first-order valence-electron chi connectivity index (χ1n) is 8.90. The molecule has 0 spiro atoms. The Hall–Kier alpha value is -2.89. The van der Waals surface area contributed by atoms with Crippen molar-refractivity contribution in [2.75, 3.05) is 25.0 Å². The summed E-state index contributed by atoms with van der Waals surface area (Å²) in [5.41, 5.74) is 2.41. The summed E-state index contributed by atoms with van der Waals surface area (Å²) in [7, 11) is 1.54. The molecular weight excluding hydrogens is 330 g/mol. The standard InChI is InChI=1S/C20H23N3O3/c1-21-20(24)18-14-17(23(25)26)9-10-19(18)22-12-5-8-16(11-13-22)15-6-3-2-4-7-15/h2-4,6-7,9-10,14,16H,5,8,11-13H2,1H3,(H,21,24). The zero-order valence-corrected chi connectivity index (χ0v) is 14.9. The number of anilines is 1. The highest BCUT2D eigenvalue weighted by atomic mass is 16.6. The number of nitrogens with one attached hydrogen (secondary N) is 1. The Kier molecular flexibility index (Phi) is 5.51. The van der Waals surface area contributed by atoms with Crippen LogP contribution >= 0.6 is 0 Å². The van der Waals surface area contributed by atoms with Gasteiger partial charge in [-0.1, -0.05) is 30.3 Å². The topological polar surface area (TPSA) is 75.5 Å². The van der Waals surface area contributed by atoms with Crippen molar-refractivity contribution in [1.29, 1.82) is 0 Å². The molecule has 2 aromatic rings. The summed E-state index contributed by atoms with van der Waals surface area (Å²) < 4.78 is 0. The van der Waals surface area contributed by atoms with Gasteiger partial charge in [0.15, 0.2) is 0 Å². The predicted molar refractivity (Wildman–Crippen MR) is 102 cm³/mol. The average Bonchev–Trinajstić information content (AvgIpc) is 2.93. The third-order valence-corrected chi connectivity index (χ3v) is 5.00. The van der Waals surface area contributed by atoms with Gasteiger partial charge in [-0.25, -0.2) is 0 Å². The van der Waals surface area contributed by atoms with E-state index in [2.05, 4.69) is 34.5 Å². The minimum atomic E-state index is -0.468. The van der Waals surface area contributed by atoms with Gasteiger partial charge in [0.25, 0.3) is 11.6 Å². The van der Waals surface area contributed by atoms with Crippen LogP contribution in [0.5, 0.6) is 0 Å². The van der Waals surface area contributed by atoms with Crippen LogP contribution < -0.4 is 10.2 Å². The van der Waals surface area contributed by atoms with Crippen LogP contribution in [0.15, 0.2) is 48.5 Å². The van der Waals surface area contributed by atoms with Crippen molar-refractivity contribution in [3.63, 3.8) is 0 Å². The lowest BCUT2D eigenvalue weighted by Gasteiger charge is -2.25. The molecule has 136 valence electrons. The maximum absolute atomic E-state index is 12.3. The highest BCUT2D eigenvalue weighted by Crippen LogP contribution is 2.32. The summed E-state index contributed by atoms with van der Waals surface area (Å²) in [5.74, 6) is 0.204. The summed E-state index contributed by atoms with van der Waals surface area (Å²) in [4.78, 5) is 25.0. The van der Waals surface area contributed by atoms with Crippen LogP contribution in [0.1, 0.15) is 41.1 Å². The number of nitro groups is 1. The van der Waals surface area contributed by atoms with Gasteiger partial charge < -0.3 is 10.2 Å². The van der Waals surface area contributed by atoms with Gasteiger partial charge >= 0.3 is 0 Å². The normalized spacial score (nSPS) is 17.4. The fraction of sp³-hybridized carbons (Fsp3) is 0.350. The van der Waals surface area contributed by atoms with E-state index in [1.807, 2.05) is 6.07 Å². The second-order valence-corrected chi connectivity index (χ2v) is 6.56. The van der Waals surface area contributed by atoms with Crippen LogP contribution in [0.3, 0.4) is 0 Å². The number of nitro benzene ring substituents is 1. The molecule has 1 heterocycles. The highest BCUT2D eigenvalue weighted by Gasteiger charge is 2.23. The fourth-order valence-electron chi connectivity index (χ4n) is 3.63. The molecule has 3 rings (SSSR count). The molecule has 1 N–H and O–H groups in total. The first kappa shape index (κ1) is 17.9. The molecule has 0 aliphatic carbocycles. The van der Waals surface area contributed by atoms with Gasteiger partial charge in [0.1, 0.15) is 0 Å². The number of non-ortho nitro benzene ring substituents is 1. The van der Waals surface area contributed by atoms with Crippen LogP contribution in [-0.2, 0) is 0 Å². The molecule has 1 amide bonds. The fourth-order valence-corrected chi connectivity index (χ4v) is 3.63. The number of hydrogen-bond acceptors (Lipinski definition) is 4. The first-order chi connectivity index (χ1) is 12.6.